The van der Waals surface area contributed by atoms with Gasteiger partial charge in [0.15, 0.2) is 0 Å². The number of amides is 2. The number of hydrogen-bond donors (Lipinski definition) is 1. The number of rotatable bonds is 6. The number of carbonyl (C=O) groups excluding carboxylic acids is 2. The average molecular weight is 423 g/mol. The van der Waals surface area contributed by atoms with Crippen molar-refractivity contribution in [2.75, 3.05) is 18.8 Å². The molecule has 1 atom stereocenters. The first-order valence-corrected chi connectivity index (χ1v) is 10.9. The number of aromatic nitrogens is 2. The second-order valence-electron chi connectivity index (χ2n) is 7.06. The van der Waals surface area contributed by atoms with E-state index in [-0.39, 0.29) is 35.3 Å². The van der Waals surface area contributed by atoms with Gasteiger partial charge in [-0.2, -0.15) is 8.75 Å². The van der Waals surface area contributed by atoms with Gasteiger partial charge in [-0.15, -0.1) is 0 Å². The zero-order valence-corrected chi connectivity index (χ0v) is 17.5. The Bertz CT molecular complexity index is 843. The van der Waals surface area contributed by atoms with Crippen LogP contribution in [0.15, 0.2) is 29.3 Å². The van der Waals surface area contributed by atoms with Crippen LogP contribution in [0, 0.1) is 11.7 Å². The van der Waals surface area contributed by atoms with E-state index in [2.05, 4.69) is 14.1 Å². The molecule has 0 bridgehead atoms. The van der Waals surface area contributed by atoms with Crippen LogP contribution in [0.25, 0.3) is 11.3 Å². The highest BCUT2D eigenvalue weighted by atomic mass is 32.2. The highest BCUT2D eigenvalue weighted by Crippen LogP contribution is 2.30. The molecule has 28 heavy (non-hydrogen) atoms. The molecule has 2 amide bonds. The molecule has 0 radical (unpaired) electrons. The first-order chi connectivity index (χ1) is 13.4. The molecule has 1 N–H and O–H groups in total. The van der Waals surface area contributed by atoms with E-state index in [1.165, 1.54) is 23.9 Å². The molecular formula is C19H23FN4O2S2. The van der Waals surface area contributed by atoms with Gasteiger partial charge in [-0.25, -0.2) is 4.39 Å². The predicted octanol–water partition coefficient (Wildman–Crippen LogP) is 3.20. The molecular weight excluding hydrogens is 399 g/mol. The Labute approximate surface area is 172 Å². The summed E-state index contributed by atoms with van der Waals surface area (Å²) in [6, 6.07) is 6.27. The summed E-state index contributed by atoms with van der Waals surface area (Å²) in [5.41, 5.74) is 1.24. The lowest BCUT2D eigenvalue weighted by Gasteiger charge is -2.32. The predicted molar refractivity (Wildman–Crippen MR) is 109 cm³/mol. The minimum Gasteiger partial charge on any atom is -0.354 e. The van der Waals surface area contributed by atoms with E-state index in [9.17, 15) is 14.0 Å². The SMILES string of the molecule is CC(C)NC(=O)C1CCCN(C(=O)CSc2nsnc2-c2cccc(F)c2)C1. The van der Waals surface area contributed by atoms with Crippen LogP contribution in [0.2, 0.25) is 0 Å². The number of hydrogen-bond acceptors (Lipinski definition) is 6. The smallest absolute Gasteiger partial charge is 0.233 e. The minimum atomic E-state index is -0.337. The highest BCUT2D eigenvalue weighted by molar-refractivity contribution is 8.00. The lowest BCUT2D eigenvalue weighted by molar-refractivity contribution is -0.133. The van der Waals surface area contributed by atoms with Gasteiger partial charge in [-0.3, -0.25) is 9.59 Å². The normalized spacial score (nSPS) is 17.0. The lowest BCUT2D eigenvalue weighted by atomic mass is 9.97. The van der Waals surface area contributed by atoms with Crippen molar-refractivity contribution in [3.63, 3.8) is 0 Å². The van der Waals surface area contributed by atoms with E-state index in [0.717, 1.165) is 24.6 Å². The van der Waals surface area contributed by atoms with Gasteiger partial charge in [-0.05, 0) is 38.8 Å². The average Bonchev–Trinajstić information content (AvgIpc) is 3.14. The quantitative estimate of drug-likeness (QED) is 0.724. The van der Waals surface area contributed by atoms with E-state index >= 15 is 0 Å². The fourth-order valence-corrected chi connectivity index (χ4v) is 4.72. The molecule has 1 aromatic carbocycles. The summed E-state index contributed by atoms with van der Waals surface area (Å²) in [5, 5.41) is 3.55. The third-order valence-corrected chi connectivity index (χ3v) is 6.06. The Morgan fingerprint density at radius 3 is 2.96 bits per heavy atom. The molecule has 6 nitrogen and oxygen atoms in total. The van der Waals surface area contributed by atoms with Crippen molar-refractivity contribution in [1.29, 1.82) is 0 Å². The third kappa shape index (κ3) is 5.29. The van der Waals surface area contributed by atoms with Gasteiger partial charge < -0.3 is 10.2 Å². The number of halogens is 1. The molecule has 1 fully saturated rings. The number of piperidine rings is 1. The molecule has 1 unspecified atom stereocenters. The zero-order valence-electron chi connectivity index (χ0n) is 15.9. The first kappa shape index (κ1) is 20.7. The van der Waals surface area contributed by atoms with Gasteiger partial charge in [0, 0.05) is 24.7 Å². The van der Waals surface area contributed by atoms with Crippen LogP contribution in [0.4, 0.5) is 4.39 Å². The summed E-state index contributed by atoms with van der Waals surface area (Å²) < 4.78 is 22.0. The Hall–Kier alpha value is -2.00. The van der Waals surface area contributed by atoms with E-state index in [1.807, 2.05) is 13.8 Å². The summed E-state index contributed by atoms with van der Waals surface area (Å²) in [7, 11) is 0. The van der Waals surface area contributed by atoms with Crippen molar-refractivity contribution in [1.82, 2.24) is 19.0 Å². The molecule has 1 saturated heterocycles. The number of carbonyl (C=O) groups is 2. The van der Waals surface area contributed by atoms with Crippen molar-refractivity contribution in [3.05, 3.63) is 30.1 Å². The molecule has 3 rings (SSSR count). The molecule has 1 aromatic heterocycles. The second kappa shape index (κ2) is 9.47. The number of benzene rings is 1. The van der Waals surface area contributed by atoms with Gasteiger partial charge in [-0.1, -0.05) is 23.9 Å². The van der Waals surface area contributed by atoms with Gasteiger partial charge in [0.1, 0.15) is 16.5 Å². The van der Waals surface area contributed by atoms with E-state index in [0.29, 0.717) is 29.4 Å². The molecule has 2 heterocycles. The fourth-order valence-electron chi connectivity index (χ4n) is 3.13. The molecule has 0 spiro atoms. The van der Waals surface area contributed by atoms with E-state index in [1.54, 1.807) is 17.0 Å². The maximum atomic E-state index is 13.5. The van der Waals surface area contributed by atoms with E-state index < -0.39 is 0 Å². The van der Waals surface area contributed by atoms with Crippen molar-refractivity contribution >= 4 is 35.3 Å². The van der Waals surface area contributed by atoms with Crippen LogP contribution < -0.4 is 5.32 Å². The zero-order chi connectivity index (χ0) is 20.1. The molecule has 1 aliphatic heterocycles. The second-order valence-corrected chi connectivity index (χ2v) is 8.55. The summed E-state index contributed by atoms with van der Waals surface area (Å²) in [6.45, 7) is 4.97. The Balaban J connectivity index is 1.59. The summed E-state index contributed by atoms with van der Waals surface area (Å²) in [5.74, 6) is -0.292. The number of thioether (sulfide) groups is 1. The Morgan fingerprint density at radius 1 is 1.39 bits per heavy atom. The maximum absolute atomic E-state index is 13.5. The fraction of sp³-hybridized carbons (Fsp3) is 0.474. The van der Waals surface area contributed by atoms with Crippen LogP contribution in [0.3, 0.4) is 0 Å². The lowest BCUT2D eigenvalue weighted by Crippen LogP contribution is -2.47. The summed E-state index contributed by atoms with van der Waals surface area (Å²) >= 11 is 2.34. The number of nitrogens with one attached hydrogen (secondary N) is 1. The summed E-state index contributed by atoms with van der Waals surface area (Å²) in [4.78, 5) is 26.7. The minimum absolute atomic E-state index is 0.0113. The van der Waals surface area contributed by atoms with Gasteiger partial charge >= 0.3 is 0 Å². The van der Waals surface area contributed by atoms with Gasteiger partial charge in [0.25, 0.3) is 0 Å². The van der Waals surface area contributed by atoms with Crippen molar-refractivity contribution in [2.45, 2.75) is 37.8 Å². The largest absolute Gasteiger partial charge is 0.354 e. The standard InChI is InChI=1S/C19H23FN4O2S2/c1-12(2)21-18(26)14-6-4-8-24(10-14)16(25)11-27-19-17(22-28-23-19)13-5-3-7-15(20)9-13/h3,5,7,9,12,14H,4,6,8,10-11H2,1-2H3,(H,21,26). The van der Waals surface area contributed by atoms with Crippen LogP contribution >= 0.6 is 23.5 Å². The number of nitrogens with zero attached hydrogens (tertiary/aromatic N) is 3. The molecule has 1 aliphatic rings. The van der Waals surface area contributed by atoms with Crippen LogP contribution in [0.5, 0.6) is 0 Å². The topological polar surface area (TPSA) is 75.2 Å². The maximum Gasteiger partial charge on any atom is 0.233 e. The van der Waals surface area contributed by atoms with Crippen molar-refractivity contribution in [3.8, 4) is 11.3 Å². The van der Waals surface area contributed by atoms with Crippen LogP contribution in [-0.2, 0) is 9.59 Å². The monoisotopic (exact) mass is 422 g/mol. The summed E-state index contributed by atoms with van der Waals surface area (Å²) in [6.07, 6.45) is 1.62. The molecule has 0 aliphatic carbocycles. The molecule has 9 heteroatoms. The van der Waals surface area contributed by atoms with Crippen molar-refractivity contribution in [2.24, 2.45) is 5.92 Å². The Morgan fingerprint density at radius 2 is 2.21 bits per heavy atom. The molecule has 2 aromatic rings. The first-order valence-electron chi connectivity index (χ1n) is 9.23. The van der Waals surface area contributed by atoms with E-state index in [4.69, 9.17) is 0 Å². The van der Waals surface area contributed by atoms with Crippen LogP contribution in [0.1, 0.15) is 26.7 Å². The van der Waals surface area contributed by atoms with Crippen LogP contribution in [-0.4, -0.2) is 50.3 Å². The Kier molecular flexibility index (Phi) is 7.01. The highest BCUT2D eigenvalue weighted by Gasteiger charge is 2.28. The molecule has 0 saturated carbocycles. The van der Waals surface area contributed by atoms with Gasteiger partial charge in [0.2, 0.25) is 11.8 Å². The van der Waals surface area contributed by atoms with Gasteiger partial charge in [0.05, 0.1) is 23.4 Å². The molecule has 150 valence electrons. The number of likely N-dealkylation sites (tertiary alicyclic amines) is 1. The third-order valence-electron chi connectivity index (χ3n) is 4.46. The van der Waals surface area contributed by atoms with Crippen molar-refractivity contribution < 1.29 is 14.0 Å².